The van der Waals surface area contributed by atoms with Gasteiger partial charge in [-0.1, -0.05) is 123 Å². The summed E-state index contributed by atoms with van der Waals surface area (Å²) in [5, 5.41) is 34.7. The topological polar surface area (TPSA) is 98.7 Å². The molecule has 0 aliphatic heterocycles. The Bertz CT molecular complexity index is 1580. The molecule has 4 aromatic carbocycles. The number of nitrogens with one attached hydrogen (secondary N) is 2. The van der Waals surface area contributed by atoms with Crippen LogP contribution >= 0.6 is 0 Å². The van der Waals surface area contributed by atoms with Crippen molar-refractivity contribution in [3.05, 3.63) is 96.1 Å². The zero-order valence-electron chi connectivity index (χ0n) is 25.9. The quantitative estimate of drug-likeness (QED) is 0.160. The molecule has 0 aromatic heterocycles. The van der Waals surface area contributed by atoms with Crippen LogP contribution in [-0.4, -0.2) is 33.2 Å². The molecular formula is C39H44N2O4. The van der Waals surface area contributed by atoms with Gasteiger partial charge in [0.05, 0.1) is 23.3 Å². The van der Waals surface area contributed by atoms with Crippen LogP contribution in [0.2, 0.25) is 0 Å². The number of carbonyl (C=O) groups excluding carboxylic acids is 2. The van der Waals surface area contributed by atoms with E-state index in [1.54, 1.807) is 0 Å². The molecule has 7 rings (SSSR count). The summed E-state index contributed by atoms with van der Waals surface area (Å²) in [5.41, 5.74) is -1.68. The zero-order valence-corrected chi connectivity index (χ0v) is 25.9. The van der Waals surface area contributed by atoms with Crippen LogP contribution in [0.1, 0.15) is 100 Å². The van der Waals surface area contributed by atoms with Gasteiger partial charge in [-0.05, 0) is 71.2 Å². The molecule has 2 amide bonds. The summed E-state index contributed by atoms with van der Waals surface area (Å²) in [4.78, 5) is 28.6. The van der Waals surface area contributed by atoms with Gasteiger partial charge < -0.3 is 20.8 Å². The number of rotatable bonds is 8. The Hall–Kier alpha value is -3.74. The molecule has 0 bridgehead atoms. The first-order chi connectivity index (χ1) is 21.8. The van der Waals surface area contributed by atoms with Crippen molar-refractivity contribution < 1.29 is 19.8 Å². The van der Waals surface area contributed by atoms with Crippen LogP contribution in [0.15, 0.2) is 84.9 Å². The number of benzene rings is 4. The van der Waals surface area contributed by atoms with E-state index in [2.05, 4.69) is 10.6 Å². The Morgan fingerprint density at radius 2 is 0.889 bits per heavy atom. The number of fused-ring (bicyclic) bond motifs is 2. The molecule has 0 saturated heterocycles. The Labute approximate surface area is 265 Å². The van der Waals surface area contributed by atoms with Crippen molar-refractivity contribution >= 4 is 33.4 Å². The fourth-order valence-corrected chi connectivity index (χ4v) is 8.13. The van der Waals surface area contributed by atoms with Crippen molar-refractivity contribution in [3.8, 4) is 0 Å². The molecule has 45 heavy (non-hydrogen) atoms. The van der Waals surface area contributed by atoms with Crippen molar-refractivity contribution in [2.24, 2.45) is 5.41 Å². The van der Waals surface area contributed by atoms with E-state index in [4.69, 9.17) is 0 Å². The van der Waals surface area contributed by atoms with Crippen LogP contribution in [0.25, 0.3) is 21.5 Å². The highest BCUT2D eigenvalue weighted by Gasteiger charge is 2.59. The second kappa shape index (κ2) is 11.9. The highest BCUT2D eigenvalue weighted by molar-refractivity contribution is 6.08. The summed E-state index contributed by atoms with van der Waals surface area (Å²) in [6, 6.07) is 26.8. The Kier molecular flexibility index (Phi) is 7.91. The Morgan fingerprint density at radius 1 is 0.511 bits per heavy atom. The van der Waals surface area contributed by atoms with E-state index in [1.165, 1.54) is 0 Å². The van der Waals surface area contributed by atoms with E-state index >= 15 is 0 Å². The highest BCUT2D eigenvalue weighted by atomic mass is 16.3. The monoisotopic (exact) mass is 604 g/mol. The van der Waals surface area contributed by atoms with Crippen LogP contribution in [-0.2, 0) is 9.59 Å². The van der Waals surface area contributed by atoms with Crippen LogP contribution in [0, 0.1) is 5.41 Å². The minimum absolute atomic E-state index is 0.343. The van der Waals surface area contributed by atoms with Gasteiger partial charge in [-0.25, -0.2) is 0 Å². The van der Waals surface area contributed by atoms with Crippen LogP contribution < -0.4 is 10.6 Å². The van der Waals surface area contributed by atoms with E-state index in [0.717, 1.165) is 71.2 Å². The maximum absolute atomic E-state index is 14.3. The number of hydrogen-bond donors (Lipinski definition) is 4. The molecule has 3 aliphatic carbocycles. The summed E-state index contributed by atoms with van der Waals surface area (Å²) < 4.78 is 0. The molecule has 4 N–H and O–H groups in total. The van der Waals surface area contributed by atoms with Gasteiger partial charge in [-0.2, -0.15) is 0 Å². The summed E-state index contributed by atoms with van der Waals surface area (Å²) >= 11 is 0. The minimum Gasteiger partial charge on any atom is -0.387 e. The average Bonchev–Trinajstić information content (AvgIpc) is 3.89. The predicted octanol–water partition coefficient (Wildman–Crippen LogP) is 7.18. The first kappa shape index (κ1) is 29.9. The number of amides is 2. The third-order valence-electron chi connectivity index (χ3n) is 11.0. The number of hydrogen-bond acceptors (Lipinski definition) is 4. The van der Waals surface area contributed by atoms with Gasteiger partial charge >= 0.3 is 0 Å². The summed E-state index contributed by atoms with van der Waals surface area (Å²) in [6.07, 6.45) is 8.94. The molecule has 0 heterocycles. The van der Waals surface area contributed by atoms with Crippen molar-refractivity contribution in [3.63, 3.8) is 0 Å². The van der Waals surface area contributed by atoms with Gasteiger partial charge in [0.2, 0.25) is 11.8 Å². The average molecular weight is 605 g/mol. The minimum atomic E-state index is -1.23. The summed E-state index contributed by atoms with van der Waals surface area (Å²) in [6.45, 7) is 0. The molecule has 234 valence electrons. The van der Waals surface area contributed by atoms with Crippen LogP contribution in [0.3, 0.4) is 0 Å². The maximum Gasteiger partial charge on any atom is 0.236 e. The fourth-order valence-electron chi connectivity index (χ4n) is 8.13. The van der Waals surface area contributed by atoms with E-state index in [-0.39, 0.29) is 11.8 Å². The molecule has 6 nitrogen and oxygen atoms in total. The fraction of sp³-hybridized carbons (Fsp3) is 0.436. The summed E-state index contributed by atoms with van der Waals surface area (Å²) in [5.74, 6) is -0.687. The second-order valence-corrected chi connectivity index (χ2v) is 13.9. The smallest absolute Gasteiger partial charge is 0.236 e. The largest absolute Gasteiger partial charge is 0.387 e. The molecule has 6 heteroatoms. The lowest BCUT2D eigenvalue weighted by Crippen LogP contribution is -2.54. The molecule has 0 radical (unpaired) electrons. The number of carbonyl (C=O) groups is 2. The molecule has 0 spiro atoms. The first-order valence-corrected chi connectivity index (χ1v) is 16.9. The van der Waals surface area contributed by atoms with E-state index in [0.29, 0.717) is 38.5 Å². The van der Waals surface area contributed by atoms with E-state index in [9.17, 15) is 19.8 Å². The first-order valence-electron chi connectivity index (χ1n) is 16.9. The van der Waals surface area contributed by atoms with Gasteiger partial charge in [0.15, 0.2) is 0 Å². The molecule has 3 saturated carbocycles. The van der Waals surface area contributed by atoms with E-state index in [1.807, 2.05) is 84.9 Å². The predicted molar refractivity (Wildman–Crippen MR) is 177 cm³/mol. The molecule has 3 fully saturated rings. The molecule has 0 unspecified atom stereocenters. The van der Waals surface area contributed by atoms with Crippen LogP contribution in [0.5, 0.6) is 0 Å². The highest BCUT2D eigenvalue weighted by Crippen LogP contribution is 2.50. The SMILES string of the molecule is O=C(N[C@@H](c1cccc2ccccc12)C1(O)CCCCC1)C1(C(=O)N[C@@H](c2cccc3ccccc23)C2(O)CCCCC2)CC1. The van der Waals surface area contributed by atoms with Crippen molar-refractivity contribution in [2.45, 2.75) is 100 Å². The normalized spacial score (nSPS) is 21.5. The van der Waals surface area contributed by atoms with Gasteiger partial charge in [0.25, 0.3) is 0 Å². The van der Waals surface area contributed by atoms with Gasteiger partial charge in [-0.15, -0.1) is 0 Å². The lowest BCUT2D eigenvalue weighted by molar-refractivity contribution is -0.141. The Morgan fingerprint density at radius 3 is 1.29 bits per heavy atom. The third kappa shape index (κ3) is 5.53. The van der Waals surface area contributed by atoms with Gasteiger partial charge in [0, 0.05) is 0 Å². The molecule has 4 aromatic rings. The standard InChI is InChI=1S/C39H44N2O4/c42-35(40-33(38(44)21-7-1-8-22-38)31-19-11-15-27-13-3-5-17-29(27)31)37(25-26-37)36(43)41-34(39(45)23-9-2-10-24-39)32-20-12-16-28-14-4-6-18-30(28)32/h3-6,11-20,33-34,44-45H,1-2,7-10,21-26H2,(H,40,42)(H,41,43)/t33-,34-/m0/s1. The molecule has 2 atom stereocenters. The van der Waals surface area contributed by atoms with Crippen molar-refractivity contribution in [1.29, 1.82) is 0 Å². The Balaban J connectivity index is 1.22. The second-order valence-electron chi connectivity index (χ2n) is 13.9. The lowest BCUT2D eigenvalue weighted by Gasteiger charge is -2.42. The zero-order chi connectivity index (χ0) is 31.1. The number of aliphatic hydroxyl groups is 2. The van der Waals surface area contributed by atoms with Crippen molar-refractivity contribution in [2.75, 3.05) is 0 Å². The third-order valence-corrected chi connectivity index (χ3v) is 11.0. The van der Waals surface area contributed by atoms with Crippen molar-refractivity contribution in [1.82, 2.24) is 10.6 Å². The van der Waals surface area contributed by atoms with Crippen LogP contribution in [0.4, 0.5) is 0 Å². The summed E-state index contributed by atoms with van der Waals surface area (Å²) in [7, 11) is 0. The van der Waals surface area contributed by atoms with Gasteiger partial charge in [-0.3, -0.25) is 9.59 Å². The lowest BCUT2D eigenvalue weighted by atomic mass is 9.75. The van der Waals surface area contributed by atoms with E-state index < -0.39 is 28.7 Å². The van der Waals surface area contributed by atoms with Gasteiger partial charge in [0.1, 0.15) is 5.41 Å². The molecule has 3 aliphatic rings. The molecular weight excluding hydrogens is 560 g/mol. The maximum atomic E-state index is 14.3.